The summed E-state index contributed by atoms with van der Waals surface area (Å²) >= 11 is 3.37. The monoisotopic (exact) mass is 263 g/mol. The van der Waals surface area contributed by atoms with E-state index < -0.39 is 0 Å². The first-order chi connectivity index (χ1) is 7.25. The third-order valence-corrected chi connectivity index (χ3v) is 2.83. The highest BCUT2D eigenvalue weighted by atomic mass is 79.9. The number of halogens is 1. The predicted octanol–water partition coefficient (Wildman–Crippen LogP) is 2.66. The van der Waals surface area contributed by atoms with E-state index in [9.17, 15) is 4.79 Å². The summed E-state index contributed by atoms with van der Waals surface area (Å²) < 4.78 is 2.79. The van der Waals surface area contributed by atoms with Crippen molar-refractivity contribution in [2.24, 2.45) is 0 Å². The zero-order valence-corrected chi connectivity index (χ0v) is 9.65. The number of hydrogen-bond donors (Lipinski definition) is 0. The Kier molecular flexibility index (Phi) is 3.02. The van der Waals surface area contributed by atoms with Gasteiger partial charge in [-0.05, 0) is 21.5 Å². The van der Waals surface area contributed by atoms with Gasteiger partial charge in [-0.2, -0.15) is 0 Å². The highest BCUT2D eigenvalue weighted by Crippen LogP contribution is 2.09. The van der Waals surface area contributed by atoms with Gasteiger partial charge in [0.2, 0.25) is 0 Å². The van der Waals surface area contributed by atoms with E-state index in [-0.39, 0.29) is 5.43 Å². The van der Waals surface area contributed by atoms with E-state index in [0.29, 0.717) is 0 Å². The lowest BCUT2D eigenvalue weighted by atomic mass is 10.2. The fourth-order valence-electron chi connectivity index (χ4n) is 1.39. The highest BCUT2D eigenvalue weighted by molar-refractivity contribution is 9.10. The van der Waals surface area contributed by atoms with Gasteiger partial charge in [-0.15, -0.1) is 0 Å². The van der Waals surface area contributed by atoms with Crippen LogP contribution >= 0.6 is 15.9 Å². The molecule has 0 N–H and O–H groups in total. The highest BCUT2D eigenvalue weighted by Gasteiger charge is 1.98. The molecule has 0 spiro atoms. The number of aromatic nitrogens is 1. The number of rotatable bonds is 2. The second-order valence-electron chi connectivity index (χ2n) is 3.30. The standard InChI is InChI=1S/C12H10BrNO/c13-12-8-11(15)6-7-14(12)9-10-4-2-1-3-5-10/h1-8H,9H2. The van der Waals surface area contributed by atoms with Gasteiger partial charge in [0.15, 0.2) is 5.43 Å². The fraction of sp³-hybridized carbons (Fsp3) is 0.0833. The Hall–Kier alpha value is -1.35. The molecule has 3 heteroatoms. The van der Waals surface area contributed by atoms with Gasteiger partial charge in [-0.25, -0.2) is 0 Å². The normalized spacial score (nSPS) is 10.2. The molecule has 0 atom stereocenters. The molecule has 1 heterocycles. The van der Waals surface area contributed by atoms with E-state index in [2.05, 4.69) is 28.1 Å². The van der Waals surface area contributed by atoms with Gasteiger partial charge >= 0.3 is 0 Å². The average Bonchev–Trinajstić information content (AvgIpc) is 2.24. The summed E-state index contributed by atoms with van der Waals surface area (Å²) in [5.41, 5.74) is 1.23. The van der Waals surface area contributed by atoms with Crippen LogP contribution in [0.25, 0.3) is 0 Å². The van der Waals surface area contributed by atoms with Crippen LogP contribution < -0.4 is 5.43 Å². The minimum absolute atomic E-state index is 0.0196. The van der Waals surface area contributed by atoms with E-state index in [1.54, 1.807) is 18.3 Å². The molecule has 0 saturated heterocycles. The van der Waals surface area contributed by atoms with Crippen LogP contribution in [-0.4, -0.2) is 4.57 Å². The van der Waals surface area contributed by atoms with Crippen molar-refractivity contribution in [1.29, 1.82) is 0 Å². The minimum Gasteiger partial charge on any atom is -0.338 e. The Labute approximate surface area is 96.3 Å². The van der Waals surface area contributed by atoms with Crippen molar-refractivity contribution in [3.05, 3.63) is 69.1 Å². The molecule has 2 rings (SSSR count). The van der Waals surface area contributed by atoms with Crippen LogP contribution in [0.15, 0.2) is 58.1 Å². The Morgan fingerprint density at radius 3 is 2.53 bits per heavy atom. The molecule has 2 aromatic rings. The van der Waals surface area contributed by atoms with Crippen LogP contribution in [0.4, 0.5) is 0 Å². The number of hydrogen-bond acceptors (Lipinski definition) is 1. The molecule has 0 aliphatic carbocycles. The quantitative estimate of drug-likeness (QED) is 0.764. The number of pyridine rings is 1. The Morgan fingerprint density at radius 1 is 1.13 bits per heavy atom. The molecule has 0 bridgehead atoms. The van der Waals surface area contributed by atoms with Gasteiger partial charge in [0.25, 0.3) is 0 Å². The van der Waals surface area contributed by atoms with Gasteiger partial charge in [-0.3, -0.25) is 4.79 Å². The lowest BCUT2D eigenvalue weighted by molar-refractivity contribution is 0.768. The molecule has 76 valence electrons. The van der Waals surface area contributed by atoms with E-state index in [4.69, 9.17) is 0 Å². The molecule has 0 unspecified atom stereocenters. The summed E-state index contributed by atoms with van der Waals surface area (Å²) in [5.74, 6) is 0. The fourth-order valence-corrected chi connectivity index (χ4v) is 1.86. The van der Waals surface area contributed by atoms with Crippen LogP contribution in [0.1, 0.15) is 5.56 Å². The summed E-state index contributed by atoms with van der Waals surface area (Å²) in [5, 5.41) is 0. The van der Waals surface area contributed by atoms with Crippen LogP contribution in [-0.2, 0) is 6.54 Å². The third-order valence-electron chi connectivity index (χ3n) is 2.15. The molecule has 0 aliphatic rings. The summed E-state index contributed by atoms with van der Waals surface area (Å²) in [4.78, 5) is 11.1. The first-order valence-electron chi connectivity index (χ1n) is 4.65. The molecular weight excluding hydrogens is 254 g/mol. The van der Waals surface area contributed by atoms with E-state index in [1.165, 1.54) is 5.56 Å². The second kappa shape index (κ2) is 4.45. The van der Waals surface area contributed by atoms with E-state index in [0.717, 1.165) is 11.1 Å². The lowest BCUT2D eigenvalue weighted by Gasteiger charge is -2.08. The van der Waals surface area contributed by atoms with Crippen molar-refractivity contribution in [2.75, 3.05) is 0 Å². The minimum atomic E-state index is 0.0196. The van der Waals surface area contributed by atoms with Gasteiger partial charge in [0.05, 0.1) is 4.60 Å². The summed E-state index contributed by atoms with van der Waals surface area (Å²) in [7, 11) is 0. The molecule has 0 aliphatic heterocycles. The molecule has 2 nitrogen and oxygen atoms in total. The Balaban J connectivity index is 2.29. The van der Waals surface area contributed by atoms with Crippen LogP contribution in [0, 0.1) is 0 Å². The summed E-state index contributed by atoms with van der Waals surface area (Å²) in [6.07, 6.45) is 1.79. The molecule has 1 aromatic carbocycles. The van der Waals surface area contributed by atoms with Crippen molar-refractivity contribution in [2.45, 2.75) is 6.54 Å². The van der Waals surface area contributed by atoms with E-state index in [1.807, 2.05) is 22.8 Å². The van der Waals surface area contributed by atoms with Crippen LogP contribution in [0.2, 0.25) is 0 Å². The van der Waals surface area contributed by atoms with Crippen LogP contribution in [0.3, 0.4) is 0 Å². The van der Waals surface area contributed by atoms with Gasteiger partial charge < -0.3 is 4.57 Å². The maximum atomic E-state index is 11.1. The molecule has 0 saturated carbocycles. The molecular formula is C12H10BrNO. The van der Waals surface area contributed by atoms with Gasteiger partial charge in [0.1, 0.15) is 0 Å². The summed E-state index contributed by atoms with van der Waals surface area (Å²) in [6, 6.07) is 13.3. The first-order valence-corrected chi connectivity index (χ1v) is 5.45. The average molecular weight is 264 g/mol. The summed E-state index contributed by atoms with van der Waals surface area (Å²) in [6.45, 7) is 0.766. The van der Waals surface area contributed by atoms with Gasteiger partial charge in [0, 0.05) is 24.9 Å². The smallest absolute Gasteiger partial charge is 0.182 e. The van der Waals surface area contributed by atoms with Crippen molar-refractivity contribution < 1.29 is 0 Å². The number of benzene rings is 1. The molecule has 0 amide bonds. The molecule has 0 fully saturated rings. The zero-order valence-electron chi connectivity index (χ0n) is 8.06. The Morgan fingerprint density at radius 2 is 1.87 bits per heavy atom. The molecule has 15 heavy (non-hydrogen) atoms. The SMILES string of the molecule is O=c1ccn(Cc2ccccc2)c(Br)c1. The Bertz CT molecular complexity index is 505. The lowest BCUT2D eigenvalue weighted by Crippen LogP contribution is -2.07. The van der Waals surface area contributed by atoms with Crippen molar-refractivity contribution in [3.63, 3.8) is 0 Å². The maximum Gasteiger partial charge on any atom is 0.182 e. The zero-order chi connectivity index (χ0) is 10.7. The van der Waals surface area contributed by atoms with Gasteiger partial charge in [-0.1, -0.05) is 30.3 Å². The van der Waals surface area contributed by atoms with Crippen molar-refractivity contribution >= 4 is 15.9 Å². The van der Waals surface area contributed by atoms with Crippen molar-refractivity contribution in [1.82, 2.24) is 4.57 Å². The third kappa shape index (κ3) is 2.57. The van der Waals surface area contributed by atoms with Crippen molar-refractivity contribution in [3.8, 4) is 0 Å². The molecule has 1 aromatic heterocycles. The maximum absolute atomic E-state index is 11.1. The van der Waals surface area contributed by atoms with E-state index >= 15 is 0 Å². The second-order valence-corrected chi connectivity index (χ2v) is 4.11. The van der Waals surface area contributed by atoms with Crippen LogP contribution in [0.5, 0.6) is 0 Å². The number of nitrogens with zero attached hydrogens (tertiary/aromatic N) is 1. The predicted molar refractivity (Wildman–Crippen MR) is 63.9 cm³/mol. The topological polar surface area (TPSA) is 22.0 Å². The first kappa shape index (κ1) is 10.2. The molecule has 0 radical (unpaired) electrons. The largest absolute Gasteiger partial charge is 0.338 e.